The van der Waals surface area contributed by atoms with E-state index in [9.17, 15) is 9.59 Å². The third-order valence-corrected chi connectivity index (χ3v) is 3.87. The molecule has 0 radical (unpaired) electrons. The highest BCUT2D eigenvalue weighted by atomic mass is 16.5. The van der Waals surface area contributed by atoms with E-state index in [1.54, 1.807) is 6.92 Å². The lowest BCUT2D eigenvalue weighted by Crippen LogP contribution is -2.28. The number of amides is 1. The van der Waals surface area contributed by atoms with Crippen LogP contribution in [0.2, 0.25) is 0 Å². The van der Waals surface area contributed by atoms with Gasteiger partial charge in [-0.25, -0.2) is 9.59 Å². The number of nitrogens with one attached hydrogen (secondary N) is 1. The molecule has 5 nitrogen and oxygen atoms in total. The number of aryl methyl sites for hydroxylation is 2. The van der Waals surface area contributed by atoms with Crippen molar-refractivity contribution in [2.75, 3.05) is 0 Å². The summed E-state index contributed by atoms with van der Waals surface area (Å²) in [6.45, 7) is 9.98. The zero-order valence-corrected chi connectivity index (χ0v) is 13.7. The zero-order valence-electron chi connectivity index (χ0n) is 13.7. The fourth-order valence-corrected chi connectivity index (χ4v) is 2.47. The molecule has 22 heavy (non-hydrogen) atoms. The highest BCUT2D eigenvalue weighted by Crippen LogP contribution is 2.15. The van der Waals surface area contributed by atoms with Crippen molar-refractivity contribution in [1.29, 1.82) is 0 Å². The quantitative estimate of drug-likeness (QED) is 0.946. The minimum absolute atomic E-state index is 0.0186. The number of aromatic nitrogens is 1. The SMILES string of the molecule is Cc1ccc(CNC(=O)n2oc(=O)c(C(C)C)c2C)cc1C. The van der Waals surface area contributed by atoms with E-state index in [2.05, 4.69) is 5.32 Å². The zero-order chi connectivity index (χ0) is 16.4. The molecule has 118 valence electrons. The second-order valence-electron chi connectivity index (χ2n) is 5.90. The maximum Gasteiger partial charge on any atom is 0.361 e. The molecule has 0 atom stereocenters. The van der Waals surface area contributed by atoms with Gasteiger partial charge in [0.15, 0.2) is 0 Å². The van der Waals surface area contributed by atoms with E-state index in [4.69, 9.17) is 4.52 Å². The van der Waals surface area contributed by atoms with Gasteiger partial charge in [-0.05, 0) is 43.4 Å². The van der Waals surface area contributed by atoms with Crippen LogP contribution in [0.1, 0.15) is 47.7 Å². The smallest absolute Gasteiger partial charge is 0.331 e. The summed E-state index contributed by atoms with van der Waals surface area (Å²) in [6.07, 6.45) is 0. The third kappa shape index (κ3) is 3.13. The van der Waals surface area contributed by atoms with Gasteiger partial charge in [0, 0.05) is 6.54 Å². The molecular weight excluding hydrogens is 280 g/mol. The van der Waals surface area contributed by atoms with Crippen LogP contribution in [0, 0.1) is 20.8 Å². The van der Waals surface area contributed by atoms with Crippen molar-refractivity contribution in [2.24, 2.45) is 0 Å². The minimum Gasteiger partial charge on any atom is -0.331 e. The second kappa shape index (κ2) is 6.22. The van der Waals surface area contributed by atoms with E-state index < -0.39 is 11.7 Å². The van der Waals surface area contributed by atoms with Crippen LogP contribution >= 0.6 is 0 Å². The van der Waals surface area contributed by atoms with Crippen molar-refractivity contribution < 1.29 is 9.32 Å². The Bertz CT molecular complexity index is 754. The van der Waals surface area contributed by atoms with Gasteiger partial charge in [0.1, 0.15) is 0 Å². The lowest BCUT2D eigenvalue weighted by Gasteiger charge is -2.08. The molecule has 1 aromatic heterocycles. The van der Waals surface area contributed by atoms with Crippen molar-refractivity contribution in [1.82, 2.24) is 10.1 Å². The van der Waals surface area contributed by atoms with Crippen molar-refractivity contribution in [3.8, 4) is 0 Å². The Hall–Kier alpha value is -2.30. The van der Waals surface area contributed by atoms with Crippen LogP contribution in [0.25, 0.3) is 0 Å². The maximum absolute atomic E-state index is 12.2. The fraction of sp³-hybridized carbons (Fsp3) is 0.412. The summed E-state index contributed by atoms with van der Waals surface area (Å²) in [5, 5.41) is 2.77. The van der Waals surface area contributed by atoms with E-state index >= 15 is 0 Å². The predicted molar refractivity (Wildman–Crippen MR) is 85.3 cm³/mol. The van der Waals surface area contributed by atoms with Gasteiger partial charge in [-0.1, -0.05) is 32.0 Å². The highest BCUT2D eigenvalue weighted by molar-refractivity contribution is 5.76. The fourth-order valence-electron chi connectivity index (χ4n) is 2.47. The molecule has 1 amide bonds. The average molecular weight is 302 g/mol. The van der Waals surface area contributed by atoms with E-state index in [0.717, 1.165) is 10.3 Å². The number of rotatable bonds is 3. The third-order valence-electron chi connectivity index (χ3n) is 3.87. The molecular formula is C17H22N2O3. The molecule has 0 aliphatic heterocycles. The number of benzene rings is 1. The Morgan fingerprint density at radius 3 is 2.45 bits per heavy atom. The van der Waals surface area contributed by atoms with Gasteiger partial charge in [-0.15, -0.1) is 4.74 Å². The first kappa shape index (κ1) is 16.1. The molecule has 0 saturated heterocycles. The van der Waals surface area contributed by atoms with Gasteiger partial charge in [0.2, 0.25) is 0 Å². The number of nitrogens with zero attached hydrogens (tertiary/aromatic N) is 1. The summed E-state index contributed by atoms with van der Waals surface area (Å²) >= 11 is 0. The second-order valence-corrected chi connectivity index (χ2v) is 5.90. The summed E-state index contributed by atoms with van der Waals surface area (Å²) in [6, 6.07) is 5.60. The molecule has 5 heteroatoms. The summed E-state index contributed by atoms with van der Waals surface area (Å²) in [5.74, 6) is 0.0186. The van der Waals surface area contributed by atoms with Gasteiger partial charge in [0.25, 0.3) is 0 Å². The average Bonchev–Trinajstić information content (AvgIpc) is 2.75. The van der Waals surface area contributed by atoms with Crippen LogP contribution in [0.5, 0.6) is 0 Å². The number of carbonyl (C=O) groups excluding carboxylic acids is 1. The molecule has 0 fully saturated rings. The highest BCUT2D eigenvalue weighted by Gasteiger charge is 2.20. The number of carbonyl (C=O) groups is 1. The predicted octanol–water partition coefficient (Wildman–Crippen LogP) is 3.25. The Balaban J connectivity index is 2.14. The molecule has 0 spiro atoms. The van der Waals surface area contributed by atoms with Crippen LogP contribution in [0.3, 0.4) is 0 Å². The van der Waals surface area contributed by atoms with Crippen molar-refractivity contribution in [3.05, 3.63) is 56.6 Å². The molecule has 0 saturated carbocycles. The van der Waals surface area contributed by atoms with Crippen molar-refractivity contribution in [3.63, 3.8) is 0 Å². The van der Waals surface area contributed by atoms with Crippen LogP contribution in [-0.2, 0) is 6.54 Å². The number of hydrogen-bond acceptors (Lipinski definition) is 3. The Morgan fingerprint density at radius 2 is 1.91 bits per heavy atom. The van der Waals surface area contributed by atoms with E-state index in [1.807, 2.05) is 45.9 Å². The van der Waals surface area contributed by atoms with Crippen LogP contribution in [0.4, 0.5) is 4.79 Å². The number of hydrogen-bond donors (Lipinski definition) is 1. The van der Waals surface area contributed by atoms with E-state index in [1.165, 1.54) is 11.1 Å². The maximum atomic E-state index is 12.2. The molecule has 0 aliphatic rings. The first-order valence-corrected chi connectivity index (χ1v) is 7.38. The van der Waals surface area contributed by atoms with Gasteiger partial charge in [0.05, 0.1) is 11.3 Å². The normalized spacial score (nSPS) is 11.0. The molecule has 0 aliphatic carbocycles. The van der Waals surface area contributed by atoms with Gasteiger partial charge in [-0.3, -0.25) is 0 Å². The van der Waals surface area contributed by atoms with Crippen molar-refractivity contribution in [2.45, 2.75) is 47.1 Å². The summed E-state index contributed by atoms with van der Waals surface area (Å²) in [7, 11) is 0. The standard InChI is InChI=1S/C17H22N2O3/c1-10(2)15-13(5)19(22-16(15)20)17(21)18-9-14-7-6-11(3)12(4)8-14/h6-8,10H,9H2,1-5H3,(H,18,21). The lowest BCUT2D eigenvalue weighted by molar-refractivity contribution is 0.205. The van der Waals surface area contributed by atoms with E-state index in [0.29, 0.717) is 17.8 Å². The first-order chi connectivity index (χ1) is 10.3. The monoisotopic (exact) mass is 302 g/mol. The molecule has 1 N–H and O–H groups in total. The molecule has 1 aromatic carbocycles. The van der Waals surface area contributed by atoms with Crippen LogP contribution in [-0.4, -0.2) is 10.8 Å². The van der Waals surface area contributed by atoms with Gasteiger partial charge < -0.3 is 9.84 Å². The first-order valence-electron chi connectivity index (χ1n) is 7.38. The Morgan fingerprint density at radius 1 is 1.23 bits per heavy atom. The molecule has 0 bridgehead atoms. The Kier molecular flexibility index (Phi) is 4.54. The van der Waals surface area contributed by atoms with Crippen LogP contribution < -0.4 is 10.9 Å². The van der Waals surface area contributed by atoms with Gasteiger partial charge >= 0.3 is 11.7 Å². The Labute approximate surface area is 129 Å². The largest absolute Gasteiger partial charge is 0.361 e. The van der Waals surface area contributed by atoms with Crippen LogP contribution in [0.15, 0.2) is 27.5 Å². The molecule has 0 unspecified atom stereocenters. The van der Waals surface area contributed by atoms with Crippen molar-refractivity contribution >= 4 is 6.03 Å². The summed E-state index contributed by atoms with van der Waals surface area (Å²) in [5.41, 5.74) is 4.04. The molecule has 2 aromatic rings. The molecule has 2 rings (SSSR count). The minimum atomic E-state index is -0.450. The summed E-state index contributed by atoms with van der Waals surface area (Å²) in [4.78, 5) is 24.0. The van der Waals surface area contributed by atoms with E-state index in [-0.39, 0.29) is 5.92 Å². The summed E-state index contributed by atoms with van der Waals surface area (Å²) < 4.78 is 6.09. The molecule has 1 heterocycles. The lowest BCUT2D eigenvalue weighted by atomic mass is 10.1. The topological polar surface area (TPSA) is 64.2 Å². The van der Waals surface area contributed by atoms with Gasteiger partial charge in [-0.2, -0.15) is 0 Å².